The summed E-state index contributed by atoms with van der Waals surface area (Å²) in [5.74, 6) is -0.997. The molecule has 2 unspecified atom stereocenters. The molecular formula is C22H30FN3O5. The number of amides is 3. The third-order valence-electron chi connectivity index (χ3n) is 5.38. The number of nitrogens with zero attached hydrogens (tertiary/aromatic N) is 3. The monoisotopic (exact) mass is 435 g/mol. The summed E-state index contributed by atoms with van der Waals surface area (Å²) >= 11 is 0. The van der Waals surface area contributed by atoms with E-state index in [0.717, 1.165) is 0 Å². The zero-order valence-corrected chi connectivity index (χ0v) is 18.5. The quantitative estimate of drug-likeness (QED) is 0.712. The van der Waals surface area contributed by atoms with Crippen molar-refractivity contribution < 1.29 is 28.2 Å². The predicted molar refractivity (Wildman–Crippen MR) is 111 cm³/mol. The number of morpholine rings is 1. The van der Waals surface area contributed by atoms with Crippen molar-refractivity contribution in [2.75, 3.05) is 39.8 Å². The van der Waals surface area contributed by atoms with E-state index >= 15 is 0 Å². The van der Waals surface area contributed by atoms with Crippen LogP contribution in [0.25, 0.3) is 0 Å². The lowest BCUT2D eigenvalue weighted by atomic mass is 9.97. The summed E-state index contributed by atoms with van der Waals surface area (Å²) in [5.41, 5.74) is -0.0940. The third-order valence-corrected chi connectivity index (χ3v) is 5.38. The van der Waals surface area contributed by atoms with Crippen LogP contribution in [-0.4, -0.2) is 84.1 Å². The summed E-state index contributed by atoms with van der Waals surface area (Å²) in [5, 5.41) is 0. The summed E-state index contributed by atoms with van der Waals surface area (Å²) in [6, 6.07) is 5.12. The molecule has 2 heterocycles. The van der Waals surface area contributed by atoms with Crippen LogP contribution in [-0.2, 0) is 19.1 Å². The molecule has 1 aromatic carbocycles. The summed E-state index contributed by atoms with van der Waals surface area (Å²) in [6.07, 6.45) is -0.756. The van der Waals surface area contributed by atoms with Gasteiger partial charge in [-0.05, 0) is 44.9 Å². The van der Waals surface area contributed by atoms with Crippen LogP contribution in [0.1, 0.15) is 38.8 Å². The molecule has 31 heavy (non-hydrogen) atoms. The van der Waals surface area contributed by atoms with Gasteiger partial charge in [-0.25, -0.2) is 9.18 Å². The molecule has 2 aliphatic rings. The Kier molecular flexibility index (Phi) is 6.83. The number of hydrogen-bond acceptors (Lipinski definition) is 5. The van der Waals surface area contributed by atoms with E-state index in [1.807, 2.05) is 20.8 Å². The van der Waals surface area contributed by atoms with E-state index in [4.69, 9.17) is 9.47 Å². The summed E-state index contributed by atoms with van der Waals surface area (Å²) in [4.78, 5) is 42.7. The first-order valence-corrected chi connectivity index (χ1v) is 10.5. The standard InChI is InChI=1S/C22H30FN3O5/c1-22(2,3)31-21(29)26-10-6-9-25(11-12-26)20(28)19-18(24(4)17(27)14-30-19)15-7-5-8-16(23)13-15/h5,7-8,13,18-19H,6,9-12,14H2,1-4H3. The minimum absolute atomic E-state index is 0.212. The SMILES string of the molecule is CN1C(=O)COC(C(=O)N2CCCN(C(=O)OC(C)(C)C)CC2)C1c1cccc(F)c1. The lowest BCUT2D eigenvalue weighted by Gasteiger charge is -2.40. The molecule has 1 aromatic rings. The van der Waals surface area contributed by atoms with Crippen molar-refractivity contribution in [2.45, 2.75) is 44.9 Å². The molecule has 2 aliphatic heterocycles. The highest BCUT2D eigenvalue weighted by Gasteiger charge is 2.42. The van der Waals surface area contributed by atoms with E-state index in [9.17, 15) is 18.8 Å². The molecule has 0 aromatic heterocycles. The smallest absolute Gasteiger partial charge is 0.410 e. The normalized spacial score (nSPS) is 22.9. The van der Waals surface area contributed by atoms with Crippen LogP contribution >= 0.6 is 0 Å². The Morgan fingerprint density at radius 2 is 1.81 bits per heavy atom. The van der Waals surface area contributed by atoms with E-state index in [2.05, 4.69) is 0 Å². The van der Waals surface area contributed by atoms with E-state index in [1.54, 1.807) is 29.0 Å². The van der Waals surface area contributed by atoms with Crippen molar-refractivity contribution in [3.63, 3.8) is 0 Å². The Morgan fingerprint density at radius 1 is 1.13 bits per heavy atom. The van der Waals surface area contributed by atoms with Gasteiger partial charge in [0.2, 0.25) is 5.91 Å². The highest BCUT2D eigenvalue weighted by atomic mass is 19.1. The number of rotatable bonds is 2. The number of benzene rings is 1. The molecule has 0 spiro atoms. The molecule has 0 saturated carbocycles. The van der Waals surface area contributed by atoms with Crippen molar-refractivity contribution in [3.05, 3.63) is 35.6 Å². The van der Waals surface area contributed by atoms with Crippen LogP contribution in [0.5, 0.6) is 0 Å². The van der Waals surface area contributed by atoms with Crippen LogP contribution < -0.4 is 0 Å². The Balaban J connectivity index is 1.74. The van der Waals surface area contributed by atoms with E-state index in [1.165, 1.54) is 17.0 Å². The van der Waals surface area contributed by atoms with Gasteiger partial charge in [0, 0.05) is 33.2 Å². The first kappa shape index (κ1) is 23.0. The number of hydrogen-bond donors (Lipinski definition) is 0. The van der Waals surface area contributed by atoms with Crippen LogP contribution in [0, 0.1) is 5.82 Å². The fraction of sp³-hybridized carbons (Fsp3) is 0.591. The number of ether oxygens (including phenoxy) is 2. The number of carbonyl (C=O) groups is 3. The van der Waals surface area contributed by atoms with E-state index in [-0.39, 0.29) is 18.4 Å². The van der Waals surface area contributed by atoms with E-state index < -0.39 is 29.7 Å². The van der Waals surface area contributed by atoms with Crippen molar-refractivity contribution in [1.82, 2.24) is 14.7 Å². The van der Waals surface area contributed by atoms with Gasteiger partial charge in [0.05, 0.1) is 6.04 Å². The Labute approximate surface area is 181 Å². The maximum absolute atomic E-state index is 13.8. The molecule has 8 nitrogen and oxygen atoms in total. The van der Waals surface area contributed by atoms with Gasteiger partial charge in [0.15, 0.2) is 6.10 Å². The zero-order valence-electron chi connectivity index (χ0n) is 18.5. The third kappa shape index (κ3) is 5.52. The van der Waals surface area contributed by atoms with Gasteiger partial charge >= 0.3 is 6.09 Å². The molecule has 170 valence electrons. The average Bonchev–Trinajstić information content (AvgIpc) is 2.94. The maximum atomic E-state index is 13.8. The molecule has 2 atom stereocenters. The second-order valence-electron chi connectivity index (χ2n) is 8.88. The maximum Gasteiger partial charge on any atom is 0.410 e. The first-order valence-electron chi connectivity index (χ1n) is 10.5. The molecular weight excluding hydrogens is 405 g/mol. The molecule has 2 saturated heterocycles. The molecule has 3 amide bonds. The summed E-state index contributed by atoms with van der Waals surface area (Å²) in [7, 11) is 1.59. The minimum Gasteiger partial charge on any atom is -0.444 e. The second-order valence-corrected chi connectivity index (χ2v) is 8.88. The van der Waals surface area contributed by atoms with Crippen molar-refractivity contribution in [1.29, 1.82) is 0 Å². The first-order chi connectivity index (χ1) is 14.6. The lowest BCUT2D eigenvalue weighted by molar-refractivity contribution is -0.167. The number of halogens is 1. The second kappa shape index (κ2) is 9.21. The average molecular weight is 435 g/mol. The van der Waals surface area contributed by atoms with Gasteiger partial charge in [0.25, 0.3) is 5.91 Å². The fourth-order valence-corrected chi connectivity index (χ4v) is 3.83. The van der Waals surface area contributed by atoms with Crippen LogP contribution in [0.2, 0.25) is 0 Å². The van der Waals surface area contributed by atoms with Gasteiger partial charge in [-0.1, -0.05) is 12.1 Å². The summed E-state index contributed by atoms with van der Waals surface area (Å²) in [6.45, 7) is 6.81. The van der Waals surface area contributed by atoms with Gasteiger partial charge in [0.1, 0.15) is 18.0 Å². The summed E-state index contributed by atoms with van der Waals surface area (Å²) < 4.78 is 24.9. The Morgan fingerprint density at radius 3 is 2.48 bits per heavy atom. The van der Waals surface area contributed by atoms with Gasteiger partial charge in [-0.2, -0.15) is 0 Å². The Hall–Kier alpha value is -2.68. The predicted octanol–water partition coefficient (Wildman–Crippen LogP) is 2.19. The fourth-order valence-electron chi connectivity index (χ4n) is 3.83. The topological polar surface area (TPSA) is 79.4 Å². The molecule has 0 bridgehead atoms. The number of likely N-dealkylation sites (N-methyl/N-ethyl adjacent to an activating group) is 1. The highest BCUT2D eigenvalue weighted by Crippen LogP contribution is 2.31. The van der Waals surface area contributed by atoms with Gasteiger partial charge in [-0.15, -0.1) is 0 Å². The lowest BCUT2D eigenvalue weighted by Crippen LogP contribution is -2.54. The van der Waals surface area contributed by atoms with Crippen molar-refractivity contribution in [2.24, 2.45) is 0 Å². The van der Waals surface area contributed by atoms with Gasteiger partial charge < -0.3 is 24.2 Å². The zero-order chi connectivity index (χ0) is 22.8. The Bertz CT molecular complexity index is 841. The molecule has 3 rings (SSSR count). The molecule has 2 fully saturated rings. The minimum atomic E-state index is -0.947. The molecule has 0 N–H and O–H groups in total. The number of carbonyl (C=O) groups excluding carboxylic acids is 3. The largest absolute Gasteiger partial charge is 0.444 e. The van der Waals surface area contributed by atoms with Crippen molar-refractivity contribution in [3.8, 4) is 0 Å². The van der Waals surface area contributed by atoms with Crippen LogP contribution in [0.15, 0.2) is 24.3 Å². The van der Waals surface area contributed by atoms with E-state index in [0.29, 0.717) is 38.2 Å². The van der Waals surface area contributed by atoms with Crippen molar-refractivity contribution >= 4 is 17.9 Å². The van der Waals surface area contributed by atoms with Gasteiger partial charge in [-0.3, -0.25) is 9.59 Å². The van der Waals surface area contributed by atoms with Crippen LogP contribution in [0.4, 0.5) is 9.18 Å². The van der Waals surface area contributed by atoms with Crippen LogP contribution in [0.3, 0.4) is 0 Å². The molecule has 0 radical (unpaired) electrons. The highest BCUT2D eigenvalue weighted by molar-refractivity contribution is 5.86. The molecule has 0 aliphatic carbocycles. The molecule has 9 heteroatoms.